The summed E-state index contributed by atoms with van der Waals surface area (Å²) < 4.78 is 27.3. The van der Waals surface area contributed by atoms with Crippen molar-refractivity contribution in [3.63, 3.8) is 0 Å². The van der Waals surface area contributed by atoms with Gasteiger partial charge >= 0.3 is 0 Å². The summed E-state index contributed by atoms with van der Waals surface area (Å²) in [7, 11) is 0. The Morgan fingerprint density at radius 3 is 2.68 bits per heavy atom. The fourth-order valence-electron chi connectivity index (χ4n) is 1.75. The van der Waals surface area contributed by atoms with Crippen LogP contribution in [0.5, 0.6) is 0 Å². The van der Waals surface area contributed by atoms with Gasteiger partial charge in [0.05, 0.1) is 5.69 Å². The molecule has 19 heavy (non-hydrogen) atoms. The second kappa shape index (κ2) is 4.85. The third kappa shape index (κ3) is 2.89. The molecule has 1 heterocycles. The first-order chi connectivity index (χ1) is 9.11. The van der Waals surface area contributed by atoms with Gasteiger partial charge in [0.15, 0.2) is 0 Å². The van der Waals surface area contributed by atoms with Crippen LogP contribution in [0.25, 0.3) is 0 Å². The van der Waals surface area contributed by atoms with Gasteiger partial charge in [-0.05, 0) is 40.9 Å². The summed E-state index contributed by atoms with van der Waals surface area (Å²) in [5.74, 6) is 0.543. The van der Waals surface area contributed by atoms with Gasteiger partial charge in [-0.2, -0.15) is 0 Å². The molecule has 0 bridgehead atoms. The van der Waals surface area contributed by atoms with E-state index in [0.717, 1.165) is 36.9 Å². The molecule has 1 aliphatic carbocycles. The fourth-order valence-corrected chi connectivity index (χ4v) is 2.15. The Kier molecular flexibility index (Phi) is 3.18. The normalized spacial score (nSPS) is 14.5. The van der Waals surface area contributed by atoms with E-state index in [2.05, 4.69) is 31.2 Å². The van der Waals surface area contributed by atoms with Crippen LogP contribution in [0.2, 0.25) is 0 Å². The molecule has 98 valence electrons. The van der Waals surface area contributed by atoms with Crippen LogP contribution in [0.3, 0.4) is 0 Å². The Bertz CT molecular complexity index is 629. The molecule has 1 N–H and O–H groups in total. The molecule has 1 aliphatic rings. The summed E-state index contributed by atoms with van der Waals surface area (Å²) in [5, 5.41) is 2.78. The molecule has 3 rings (SSSR count). The van der Waals surface area contributed by atoms with Crippen LogP contribution in [-0.2, 0) is 0 Å². The van der Waals surface area contributed by atoms with Crippen molar-refractivity contribution in [1.29, 1.82) is 0 Å². The summed E-state index contributed by atoms with van der Waals surface area (Å²) in [6.07, 6.45) is 2.15. The number of rotatable bonds is 3. The Hall–Kier alpha value is -1.56. The average Bonchev–Trinajstić information content (AvgIpc) is 3.17. The first-order valence-electron chi connectivity index (χ1n) is 5.88. The lowest BCUT2D eigenvalue weighted by Crippen LogP contribution is -2.01. The molecule has 0 saturated heterocycles. The topological polar surface area (TPSA) is 37.8 Å². The Labute approximate surface area is 117 Å². The van der Waals surface area contributed by atoms with Crippen LogP contribution >= 0.6 is 15.9 Å². The lowest BCUT2D eigenvalue weighted by atomic mass is 10.3. The maximum absolute atomic E-state index is 13.5. The number of hydrogen-bond donors (Lipinski definition) is 1. The summed E-state index contributed by atoms with van der Waals surface area (Å²) in [5.41, 5.74) is 0.0624. The Morgan fingerprint density at radius 1 is 1.16 bits per heavy atom. The van der Waals surface area contributed by atoms with E-state index < -0.39 is 11.6 Å². The van der Waals surface area contributed by atoms with Crippen LogP contribution in [0.1, 0.15) is 24.6 Å². The molecular formula is C13H10BrF2N3. The van der Waals surface area contributed by atoms with Gasteiger partial charge in [0, 0.05) is 18.1 Å². The van der Waals surface area contributed by atoms with Crippen molar-refractivity contribution in [2.45, 2.75) is 18.8 Å². The van der Waals surface area contributed by atoms with Gasteiger partial charge < -0.3 is 5.32 Å². The van der Waals surface area contributed by atoms with Crippen molar-refractivity contribution >= 4 is 27.4 Å². The van der Waals surface area contributed by atoms with Crippen LogP contribution < -0.4 is 5.32 Å². The molecule has 0 amide bonds. The van der Waals surface area contributed by atoms with Gasteiger partial charge in [-0.15, -0.1) is 0 Å². The molecule has 0 atom stereocenters. The Morgan fingerprint density at radius 2 is 1.95 bits per heavy atom. The van der Waals surface area contributed by atoms with Crippen LogP contribution in [0.4, 0.5) is 20.3 Å². The maximum atomic E-state index is 13.5. The van der Waals surface area contributed by atoms with E-state index in [-0.39, 0.29) is 5.69 Å². The van der Waals surface area contributed by atoms with Crippen molar-refractivity contribution in [3.8, 4) is 0 Å². The summed E-state index contributed by atoms with van der Waals surface area (Å²) in [4.78, 5) is 8.60. The minimum atomic E-state index is -0.524. The molecule has 0 radical (unpaired) electrons. The number of halogens is 3. The van der Waals surface area contributed by atoms with E-state index in [4.69, 9.17) is 0 Å². The van der Waals surface area contributed by atoms with Crippen molar-refractivity contribution in [3.05, 3.63) is 46.3 Å². The number of nitrogens with zero attached hydrogens (tertiary/aromatic N) is 2. The zero-order valence-corrected chi connectivity index (χ0v) is 11.4. The van der Waals surface area contributed by atoms with E-state index in [0.29, 0.717) is 16.3 Å². The lowest BCUT2D eigenvalue weighted by Gasteiger charge is -2.08. The monoisotopic (exact) mass is 325 g/mol. The second-order valence-electron chi connectivity index (χ2n) is 4.46. The lowest BCUT2D eigenvalue weighted by molar-refractivity contribution is 0.603. The van der Waals surface area contributed by atoms with E-state index in [1.165, 1.54) is 0 Å². The van der Waals surface area contributed by atoms with Crippen molar-refractivity contribution in [2.75, 3.05) is 5.32 Å². The summed E-state index contributed by atoms with van der Waals surface area (Å²) >= 11 is 3.30. The third-order valence-corrected chi connectivity index (χ3v) is 3.25. The molecule has 6 heteroatoms. The van der Waals surface area contributed by atoms with Gasteiger partial charge in [-0.3, -0.25) is 0 Å². The zero-order chi connectivity index (χ0) is 13.4. The minimum Gasteiger partial charge on any atom is -0.338 e. The molecule has 1 fully saturated rings. The highest BCUT2D eigenvalue weighted by Gasteiger charge is 2.27. The molecule has 1 aromatic carbocycles. The molecule has 1 saturated carbocycles. The predicted octanol–water partition coefficient (Wildman–Crippen LogP) is 4.14. The quantitative estimate of drug-likeness (QED) is 0.862. The molecule has 0 aliphatic heterocycles. The van der Waals surface area contributed by atoms with E-state index in [1.54, 1.807) is 6.07 Å². The standard InChI is InChI=1S/C13H10BrF2N3/c14-11-6-12(19-13(18-11)7-1-2-7)17-10-5-8(15)3-4-9(10)16/h3-7H,1-2H2,(H,17,18,19). The van der Waals surface area contributed by atoms with E-state index >= 15 is 0 Å². The van der Waals surface area contributed by atoms with Crippen LogP contribution in [0.15, 0.2) is 28.9 Å². The summed E-state index contributed by atoms with van der Waals surface area (Å²) in [6.45, 7) is 0. The zero-order valence-electron chi connectivity index (χ0n) is 9.83. The minimum absolute atomic E-state index is 0.0624. The molecular weight excluding hydrogens is 316 g/mol. The number of hydrogen-bond acceptors (Lipinski definition) is 3. The molecule has 3 nitrogen and oxygen atoms in total. The predicted molar refractivity (Wildman–Crippen MR) is 71.3 cm³/mol. The fraction of sp³-hybridized carbons (Fsp3) is 0.231. The first-order valence-corrected chi connectivity index (χ1v) is 6.67. The third-order valence-electron chi connectivity index (χ3n) is 2.85. The van der Waals surface area contributed by atoms with Gasteiger partial charge in [0.1, 0.15) is 27.9 Å². The SMILES string of the molecule is Fc1ccc(F)c(Nc2cc(Br)nc(C3CC3)n2)c1. The van der Waals surface area contributed by atoms with Gasteiger partial charge in [0.25, 0.3) is 0 Å². The Balaban J connectivity index is 1.92. The smallest absolute Gasteiger partial charge is 0.146 e. The number of aromatic nitrogens is 2. The van der Waals surface area contributed by atoms with Crippen molar-refractivity contribution < 1.29 is 8.78 Å². The number of anilines is 2. The van der Waals surface area contributed by atoms with Gasteiger partial charge in [-0.25, -0.2) is 18.7 Å². The van der Waals surface area contributed by atoms with E-state index in [9.17, 15) is 8.78 Å². The van der Waals surface area contributed by atoms with Crippen molar-refractivity contribution in [1.82, 2.24) is 9.97 Å². The summed E-state index contributed by atoms with van der Waals surface area (Å²) in [6, 6.07) is 4.89. The average molecular weight is 326 g/mol. The van der Waals surface area contributed by atoms with E-state index in [1.807, 2.05) is 0 Å². The number of nitrogens with one attached hydrogen (secondary N) is 1. The van der Waals surface area contributed by atoms with Crippen molar-refractivity contribution in [2.24, 2.45) is 0 Å². The molecule has 1 aromatic heterocycles. The number of benzene rings is 1. The first kappa shape index (κ1) is 12.5. The highest BCUT2D eigenvalue weighted by Crippen LogP contribution is 2.39. The maximum Gasteiger partial charge on any atom is 0.146 e. The highest BCUT2D eigenvalue weighted by molar-refractivity contribution is 9.10. The highest BCUT2D eigenvalue weighted by atomic mass is 79.9. The molecule has 0 spiro atoms. The van der Waals surface area contributed by atoms with Crippen LogP contribution in [-0.4, -0.2) is 9.97 Å². The van der Waals surface area contributed by atoms with Crippen LogP contribution in [0, 0.1) is 11.6 Å². The largest absolute Gasteiger partial charge is 0.338 e. The molecule has 0 unspecified atom stereocenters. The second-order valence-corrected chi connectivity index (χ2v) is 5.27. The van der Waals surface area contributed by atoms with Gasteiger partial charge in [-0.1, -0.05) is 0 Å². The molecule has 2 aromatic rings. The van der Waals surface area contributed by atoms with Gasteiger partial charge in [0.2, 0.25) is 0 Å².